The van der Waals surface area contributed by atoms with Crippen LogP contribution in [-0.2, 0) is 25.8 Å². The summed E-state index contributed by atoms with van der Waals surface area (Å²) in [4.78, 5) is 0. The van der Waals surface area contributed by atoms with Crippen molar-refractivity contribution in [1.29, 1.82) is 0 Å². The van der Waals surface area contributed by atoms with Gasteiger partial charge in [0.2, 0.25) is 0 Å². The first-order chi connectivity index (χ1) is 9.38. The van der Waals surface area contributed by atoms with Gasteiger partial charge in [-0.25, -0.2) is 12.2 Å². The van der Waals surface area contributed by atoms with E-state index in [1.54, 1.807) is 0 Å². The first kappa shape index (κ1) is 26.7. The number of benzene rings is 1. The zero-order valence-corrected chi connectivity index (χ0v) is 19.3. The van der Waals surface area contributed by atoms with Gasteiger partial charge >= 0.3 is 25.8 Å². The zero-order valence-electron chi connectivity index (χ0n) is 13.0. The molecule has 3 rings (SSSR count). The molecule has 0 heterocycles. The van der Waals surface area contributed by atoms with Gasteiger partial charge in [-0.2, -0.15) is 23.8 Å². The second-order valence-electron chi connectivity index (χ2n) is 4.14. The van der Waals surface area contributed by atoms with Crippen LogP contribution in [0.5, 0.6) is 0 Å². The van der Waals surface area contributed by atoms with Crippen molar-refractivity contribution < 1.29 is 50.7 Å². The Kier molecular flexibility index (Phi) is 23.0. The predicted molar refractivity (Wildman–Crippen MR) is 87.3 cm³/mol. The van der Waals surface area contributed by atoms with Gasteiger partial charge in [-0.3, -0.25) is 6.08 Å². The summed E-state index contributed by atoms with van der Waals surface area (Å²) in [7, 11) is 0.750. The quantitative estimate of drug-likeness (QED) is 0.322. The van der Waals surface area contributed by atoms with Crippen LogP contribution in [0.15, 0.2) is 60.7 Å². The molecule has 0 aromatic heterocycles. The molecule has 0 fully saturated rings. The third-order valence-electron chi connectivity index (χ3n) is 2.37. The Balaban J connectivity index is -0.000000283. The van der Waals surface area contributed by atoms with E-state index in [9.17, 15) is 0 Å². The summed E-state index contributed by atoms with van der Waals surface area (Å²) < 4.78 is 0. The fourth-order valence-corrected chi connectivity index (χ4v) is 1.56. The van der Waals surface area contributed by atoms with Crippen molar-refractivity contribution in [3.05, 3.63) is 78.4 Å². The normalized spacial score (nSPS) is 12.4. The number of hydrogen-bond donors (Lipinski definition) is 0. The standard InChI is InChI=1S/C11H9.C5H5.C2H7Si.2ClH.Hf/c1-2-6-10(7-3-1)11-8-4-5-9-11;1-2-4-5-3-1;1-3-2;;;/h1-4,6-8H,5H2;1-3H,4H2;3H,1-2H3;2*1H;/q2*-1;;;;+4/p-2. The molecule has 0 atom stereocenters. The topological polar surface area (TPSA) is 0 Å². The van der Waals surface area contributed by atoms with Crippen LogP contribution in [-0.4, -0.2) is 9.52 Å². The van der Waals surface area contributed by atoms with Crippen LogP contribution >= 0.6 is 0 Å². The Morgan fingerprint density at radius 3 is 1.95 bits per heavy atom. The molecule has 0 spiro atoms. The summed E-state index contributed by atoms with van der Waals surface area (Å²) in [6.07, 6.45) is 18.5. The smallest absolute Gasteiger partial charge is 1.00 e. The van der Waals surface area contributed by atoms with Crippen molar-refractivity contribution >= 4 is 15.1 Å². The van der Waals surface area contributed by atoms with Crippen molar-refractivity contribution in [2.45, 2.75) is 25.9 Å². The van der Waals surface area contributed by atoms with Gasteiger partial charge in [0.1, 0.15) is 0 Å². The molecule has 0 bridgehead atoms. The molecule has 115 valence electrons. The molecule has 0 saturated carbocycles. The number of halogens is 2. The summed E-state index contributed by atoms with van der Waals surface area (Å²) in [5.41, 5.74) is 2.49. The number of rotatable bonds is 1. The average molecular weight is 515 g/mol. The van der Waals surface area contributed by atoms with Gasteiger partial charge < -0.3 is 24.8 Å². The maximum Gasteiger partial charge on any atom is 4.00 e. The number of allylic oxidation sites excluding steroid dienone is 8. The van der Waals surface area contributed by atoms with Crippen LogP contribution in [0, 0.1) is 12.2 Å². The van der Waals surface area contributed by atoms with Gasteiger partial charge in [0.05, 0.1) is 0 Å². The summed E-state index contributed by atoms with van der Waals surface area (Å²) in [6, 6.07) is 10.4. The fraction of sp³-hybridized carbons (Fsp3) is 0.222. The van der Waals surface area contributed by atoms with Crippen LogP contribution in [0.3, 0.4) is 0 Å². The van der Waals surface area contributed by atoms with Gasteiger partial charge in [0.15, 0.2) is 0 Å². The number of hydrogen-bond acceptors (Lipinski definition) is 0. The van der Waals surface area contributed by atoms with Crippen molar-refractivity contribution in [2.75, 3.05) is 0 Å². The molecule has 1 radical (unpaired) electrons. The Morgan fingerprint density at radius 1 is 0.955 bits per heavy atom. The molecular formula is C18H21Cl2HfSi. The second kappa shape index (κ2) is 18.9. The third kappa shape index (κ3) is 12.4. The molecule has 1 aromatic rings. The van der Waals surface area contributed by atoms with Crippen LogP contribution in [0.1, 0.15) is 18.4 Å². The first-order valence-corrected chi connectivity index (χ1v) is 8.98. The van der Waals surface area contributed by atoms with Crippen LogP contribution in [0.25, 0.3) is 5.57 Å². The molecule has 0 aliphatic heterocycles. The maximum atomic E-state index is 3.28. The first-order valence-electron chi connectivity index (χ1n) is 6.67. The van der Waals surface area contributed by atoms with Crippen LogP contribution < -0.4 is 24.8 Å². The monoisotopic (exact) mass is 515 g/mol. The largest absolute Gasteiger partial charge is 4.00 e. The molecule has 4 heteroatoms. The Hall–Kier alpha value is -0.153. The van der Waals surface area contributed by atoms with E-state index in [1.165, 1.54) is 11.1 Å². The Morgan fingerprint density at radius 2 is 1.59 bits per heavy atom. The predicted octanol–water partition coefficient (Wildman–Crippen LogP) is -1.34. The molecule has 2 aliphatic carbocycles. The minimum absolute atomic E-state index is 0. The minimum atomic E-state index is 0. The van der Waals surface area contributed by atoms with Crippen molar-refractivity contribution in [1.82, 2.24) is 0 Å². The Bertz CT molecular complexity index is 455. The molecular weight excluding hydrogens is 494 g/mol. The van der Waals surface area contributed by atoms with E-state index in [1.807, 2.05) is 18.2 Å². The average Bonchev–Trinajstić information content (AvgIpc) is 3.17. The summed E-state index contributed by atoms with van der Waals surface area (Å²) in [6.45, 7) is 4.42. The molecule has 0 N–H and O–H groups in total. The summed E-state index contributed by atoms with van der Waals surface area (Å²) in [5.74, 6) is 0. The molecule has 1 aromatic carbocycles. The fourth-order valence-electron chi connectivity index (χ4n) is 1.56. The van der Waals surface area contributed by atoms with Gasteiger partial charge in [0.25, 0.3) is 0 Å². The van der Waals surface area contributed by atoms with E-state index in [0.717, 1.165) is 22.4 Å². The van der Waals surface area contributed by atoms with Crippen molar-refractivity contribution in [2.24, 2.45) is 0 Å². The Labute approximate surface area is 169 Å². The summed E-state index contributed by atoms with van der Waals surface area (Å²) in [5, 5.41) is 0. The van der Waals surface area contributed by atoms with Crippen LogP contribution in [0.4, 0.5) is 0 Å². The SMILES string of the molecule is C[SiH]C.[C-]1=C(c2ccccc2)C=CC1.[C-]1=CC=CC1.[Cl-].[Cl-].[Hf+4]. The van der Waals surface area contributed by atoms with E-state index in [2.05, 4.69) is 67.7 Å². The molecule has 0 amide bonds. The van der Waals surface area contributed by atoms with E-state index < -0.39 is 0 Å². The van der Waals surface area contributed by atoms with Gasteiger partial charge in [-0.1, -0.05) is 37.7 Å². The van der Waals surface area contributed by atoms with Gasteiger partial charge in [-0.05, 0) is 0 Å². The minimum Gasteiger partial charge on any atom is -1.00 e. The van der Waals surface area contributed by atoms with Crippen molar-refractivity contribution in [3.8, 4) is 0 Å². The molecule has 0 unspecified atom stereocenters. The molecule has 0 nitrogen and oxygen atoms in total. The summed E-state index contributed by atoms with van der Waals surface area (Å²) >= 11 is 0. The van der Waals surface area contributed by atoms with E-state index in [-0.39, 0.29) is 50.7 Å². The van der Waals surface area contributed by atoms with Crippen LogP contribution in [0.2, 0.25) is 13.1 Å². The second-order valence-corrected chi connectivity index (χ2v) is 5.30. The van der Waals surface area contributed by atoms with Gasteiger partial charge in [0, 0.05) is 9.52 Å². The maximum absolute atomic E-state index is 3.28. The molecule has 22 heavy (non-hydrogen) atoms. The van der Waals surface area contributed by atoms with Crippen molar-refractivity contribution in [3.63, 3.8) is 0 Å². The van der Waals surface area contributed by atoms with Gasteiger partial charge in [-0.15, -0.1) is 30.2 Å². The van der Waals surface area contributed by atoms with E-state index >= 15 is 0 Å². The molecule has 0 saturated heterocycles. The third-order valence-corrected chi connectivity index (χ3v) is 2.37. The van der Waals surface area contributed by atoms with E-state index in [4.69, 9.17) is 0 Å². The van der Waals surface area contributed by atoms with E-state index in [0.29, 0.717) is 0 Å². The molecule has 2 aliphatic rings. The zero-order chi connectivity index (χ0) is 13.8.